The zero-order valence-electron chi connectivity index (χ0n) is 17.4. The summed E-state index contributed by atoms with van der Waals surface area (Å²) in [6.07, 6.45) is 2.41. The average Bonchev–Trinajstić information content (AvgIpc) is 2.64. The summed E-state index contributed by atoms with van der Waals surface area (Å²) in [6, 6.07) is 7.28. The molecule has 1 amide bonds. The monoisotopic (exact) mass is 414 g/mol. The van der Waals surface area contributed by atoms with Gasteiger partial charge in [0.05, 0.1) is 12.1 Å². The van der Waals surface area contributed by atoms with Gasteiger partial charge in [0.2, 0.25) is 5.82 Å². The van der Waals surface area contributed by atoms with Crippen LogP contribution in [0.4, 0.5) is 4.79 Å². The standard InChI is InChI=1S/C21H26N4O5/c1-20(2,3)30-19(29)25-12-16(26)21(4,22)9-13-6-5-7-14(8-13)15-10-23-17(18(27)28)24-11-15/h5-8,10-11H,9,12,22H2,1-4H3,(H,25,29)(H,27,28). The van der Waals surface area contributed by atoms with Crippen LogP contribution in [0.15, 0.2) is 36.7 Å². The molecule has 30 heavy (non-hydrogen) atoms. The lowest BCUT2D eigenvalue weighted by molar-refractivity contribution is -0.122. The predicted octanol–water partition coefficient (Wildman–Crippen LogP) is 2.20. The first-order valence-electron chi connectivity index (χ1n) is 9.31. The van der Waals surface area contributed by atoms with Crippen LogP contribution < -0.4 is 11.1 Å². The molecule has 0 fully saturated rings. The first kappa shape index (κ1) is 23.0. The van der Waals surface area contributed by atoms with E-state index in [1.807, 2.05) is 18.2 Å². The number of rotatable bonds is 7. The van der Waals surface area contributed by atoms with E-state index in [0.717, 1.165) is 11.1 Å². The number of Topliss-reactive ketones (excluding diaryl/α,β-unsaturated/α-hetero) is 1. The van der Waals surface area contributed by atoms with Crippen LogP contribution in [0.1, 0.15) is 43.9 Å². The quantitative estimate of drug-likeness (QED) is 0.625. The number of hydrogen-bond acceptors (Lipinski definition) is 7. The highest BCUT2D eigenvalue weighted by atomic mass is 16.6. The summed E-state index contributed by atoms with van der Waals surface area (Å²) in [6.45, 7) is 6.55. The van der Waals surface area contributed by atoms with Crippen molar-refractivity contribution in [2.75, 3.05) is 6.54 Å². The second-order valence-electron chi connectivity index (χ2n) is 8.17. The van der Waals surface area contributed by atoms with Gasteiger partial charge in [-0.25, -0.2) is 19.6 Å². The summed E-state index contributed by atoms with van der Waals surface area (Å²) in [5.41, 5.74) is 6.54. The zero-order chi connectivity index (χ0) is 22.5. The molecule has 0 aliphatic heterocycles. The lowest BCUT2D eigenvalue weighted by Gasteiger charge is -2.24. The lowest BCUT2D eigenvalue weighted by Crippen LogP contribution is -2.51. The largest absolute Gasteiger partial charge is 0.475 e. The number of carboxylic acids is 1. The number of benzene rings is 1. The number of carbonyl (C=O) groups excluding carboxylic acids is 2. The molecule has 9 nitrogen and oxygen atoms in total. The molecule has 9 heteroatoms. The molecular formula is C21H26N4O5. The van der Waals surface area contributed by atoms with Crippen molar-refractivity contribution in [1.29, 1.82) is 0 Å². The van der Waals surface area contributed by atoms with Crippen molar-refractivity contribution in [2.24, 2.45) is 5.73 Å². The van der Waals surface area contributed by atoms with Gasteiger partial charge >= 0.3 is 12.1 Å². The van der Waals surface area contributed by atoms with E-state index in [2.05, 4.69) is 15.3 Å². The van der Waals surface area contributed by atoms with Crippen LogP contribution in [-0.2, 0) is 16.0 Å². The van der Waals surface area contributed by atoms with Crippen molar-refractivity contribution in [3.05, 3.63) is 48.0 Å². The third-order valence-corrected chi connectivity index (χ3v) is 4.10. The molecular weight excluding hydrogens is 388 g/mol. The maximum atomic E-state index is 12.5. The molecule has 0 spiro atoms. The molecule has 0 bridgehead atoms. The van der Waals surface area contributed by atoms with E-state index in [-0.39, 0.29) is 24.6 Å². The van der Waals surface area contributed by atoms with Crippen LogP contribution in [-0.4, -0.2) is 50.6 Å². The van der Waals surface area contributed by atoms with Crippen molar-refractivity contribution < 1.29 is 24.2 Å². The molecule has 160 valence electrons. The summed E-state index contributed by atoms with van der Waals surface area (Å²) in [7, 11) is 0. The number of nitrogens with zero attached hydrogens (tertiary/aromatic N) is 2. The van der Waals surface area contributed by atoms with Gasteiger partial charge in [-0.15, -0.1) is 0 Å². The fraction of sp³-hybridized carbons (Fsp3) is 0.381. The molecule has 4 N–H and O–H groups in total. The first-order valence-corrected chi connectivity index (χ1v) is 9.31. The van der Waals surface area contributed by atoms with Crippen molar-refractivity contribution in [3.63, 3.8) is 0 Å². The van der Waals surface area contributed by atoms with Gasteiger partial charge in [-0.05, 0) is 45.2 Å². The van der Waals surface area contributed by atoms with E-state index in [4.69, 9.17) is 15.6 Å². The minimum absolute atomic E-state index is 0.240. The number of amides is 1. The predicted molar refractivity (Wildman–Crippen MR) is 110 cm³/mol. The van der Waals surface area contributed by atoms with Crippen molar-refractivity contribution >= 4 is 17.8 Å². The minimum atomic E-state index is -1.21. The molecule has 1 heterocycles. The van der Waals surface area contributed by atoms with Crippen molar-refractivity contribution in [2.45, 2.75) is 45.3 Å². The van der Waals surface area contributed by atoms with Gasteiger partial charge in [0.25, 0.3) is 0 Å². The summed E-state index contributed by atoms with van der Waals surface area (Å²) in [4.78, 5) is 42.8. The van der Waals surface area contributed by atoms with E-state index < -0.39 is 23.2 Å². The second kappa shape index (κ2) is 9.00. The smallest absolute Gasteiger partial charge is 0.408 e. The first-order chi connectivity index (χ1) is 13.9. The van der Waals surface area contributed by atoms with Crippen LogP contribution in [0, 0.1) is 0 Å². The number of carbonyl (C=O) groups is 3. The van der Waals surface area contributed by atoms with Crippen LogP contribution >= 0.6 is 0 Å². The van der Waals surface area contributed by atoms with Crippen molar-refractivity contribution in [3.8, 4) is 11.1 Å². The highest BCUT2D eigenvalue weighted by Gasteiger charge is 2.29. The Balaban J connectivity index is 2.05. The Kier molecular flexibility index (Phi) is 6.88. The van der Waals surface area contributed by atoms with E-state index in [9.17, 15) is 14.4 Å². The van der Waals surface area contributed by atoms with Gasteiger partial charge in [-0.3, -0.25) is 4.79 Å². The second-order valence-corrected chi connectivity index (χ2v) is 8.17. The fourth-order valence-corrected chi connectivity index (χ4v) is 2.64. The van der Waals surface area contributed by atoms with Gasteiger partial charge in [0.1, 0.15) is 5.60 Å². The Labute approximate surface area is 174 Å². The Bertz CT molecular complexity index is 933. The molecule has 1 aromatic heterocycles. The zero-order valence-corrected chi connectivity index (χ0v) is 17.4. The maximum absolute atomic E-state index is 12.5. The number of ether oxygens (including phenoxy) is 1. The number of aromatic carboxylic acids is 1. The third kappa shape index (κ3) is 6.63. The number of alkyl carbamates (subject to hydrolysis) is 1. The van der Waals surface area contributed by atoms with Gasteiger partial charge in [-0.2, -0.15) is 0 Å². The lowest BCUT2D eigenvalue weighted by atomic mass is 9.88. The molecule has 1 aromatic carbocycles. The minimum Gasteiger partial charge on any atom is -0.475 e. The van der Waals surface area contributed by atoms with E-state index in [0.29, 0.717) is 5.56 Å². The molecule has 2 aromatic rings. The van der Waals surface area contributed by atoms with Crippen LogP contribution in [0.25, 0.3) is 11.1 Å². The van der Waals surface area contributed by atoms with Gasteiger partial charge in [0.15, 0.2) is 5.78 Å². The third-order valence-electron chi connectivity index (χ3n) is 4.10. The van der Waals surface area contributed by atoms with E-state index in [1.165, 1.54) is 12.4 Å². The molecule has 1 unspecified atom stereocenters. The SMILES string of the molecule is CC(C)(C)OC(=O)NCC(=O)C(C)(N)Cc1cccc(-c2cnc(C(=O)O)nc2)c1. The number of carboxylic acid groups (broad SMARTS) is 1. The van der Waals surface area contributed by atoms with Gasteiger partial charge < -0.3 is 20.9 Å². The Morgan fingerprint density at radius 3 is 2.30 bits per heavy atom. The number of nitrogens with one attached hydrogen (secondary N) is 1. The van der Waals surface area contributed by atoms with Crippen molar-refractivity contribution in [1.82, 2.24) is 15.3 Å². The number of nitrogens with two attached hydrogens (primary N) is 1. The summed E-state index contributed by atoms with van der Waals surface area (Å²) >= 11 is 0. The van der Waals surface area contributed by atoms with Gasteiger partial charge in [-0.1, -0.05) is 24.3 Å². The number of aromatic nitrogens is 2. The molecule has 0 saturated heterocycles. The average molecular weight is 414 g/mol. The highest BCUT2D eigenvalue weighted by molar-refractivity contribution is 5.91. The molecule has 2 rings (SSSR count). The van der Waals surface area contributed by atoms with E-state index in [1.54, 1.807) is 33.8 Å². The van der Waals surface area contributed by atoms with Crippen LogP contribution in [0.5, 0.6) is 0 Å². The molecule has 0 saturated carbocycles. The molecule has 0 aliphatic rings. The highest BCUT2D eigenvalue weighted by Crippen LogP contribution is 2.21. The maximum Gasteiger partial charge on any atom is 0.408 e. The number of ketones is 1. The fourth-order valence-electron chi connectivity index (χ4n) is 2.64. The Hall–Kier alpha value is -3.33. The van der Waals surface area contributed by atoms with Crippen LogP contribution in [0.3, 0.4) is 0 Å². The van der Waals surface area contributed by atoms with Gasteiger partial charge in [0, 0.05) is 18.0 Å². The number of hydrogen-bond donors (Lipinski definition) is 3. The normalized spacial score (nSPS) is 13.2. The summed E-state index contributed by atoms with van der Waals surface area (Å²) in [5, 5.41) is 11.3. The molecule has 1 atom stereocenters. The summed E-state index contributed by atoms with van der Waals surface area (Å²) < 4.78 is 5.12. The molecule has 0 radical (unpaired) electrons. The summed E-state index contributed by atoms with van der Waals surface area (Å²) in [5.74, 6) is -1.83. The topological polar surface area (TPSA) is 144 Å². The van der Waals surface area contributed by atoms with Crippen LogP contribution in [0.2, 0.25) is 0 Å². The Morgan fingerprint density at radius 2 is 1.73 bits per heavy atom. The van der Waals surface area contributed by atoms with E-state index >= 15 is 0 Å². The Morgan fingerprint density at radius 1 is 1.10 bits per heavy atom. The molecule has 0 aliphatic carbocycles.